The summed E-state index contributed by atoms with van der Waals surface area (Å²) in [6.07, 6.45) is 3.66. The first-order chi connectivity index (χ1) is 13.6. The number of carboxylic acid groups (broad SMARTS) is 2. The molecular formula is C22H28N2O4. The van der Waals surface area contributed by atoms with Crippen molar-refractivity contribution in [3.63, 3.8) is 0 Å². The van der Waals surface area contributed by atoms with Gasteiger partial charge in [0.05, 0.1) is 0 Å². The van der Waals surface area contributed by atoms with Crippen molar-refractivity contribution in [1.82, 2.24) is 10.6 Å². The Morgan fingerprint density at radius 2 is 1.00 bits per heavy atom. The minimum atomic E-state index is -0.879. The summed E-state index contributed by atoms with van der Waals surface area (Å²) in [4.78, 5) is 22.8. The van der Waals surface area contributed by atoms with E-state index in [1.54, 1.807) is 0 Å². The van der Waals surface area contributed by atoms with Gasteiger partial charge in [0.2, 0.25) is 0 Å². The third-order valence-corrected chi connectivity index (χ3v) is 4.56. The quantitative estimate of drug-likeness (QED) is 0.395. The zero-order valence-electron chi connectivity index (χ0n) is 15.9. The van der Waals surface area contributed by atoms with Gasteiger partial charge in [0, 0.05) is 0 Å². The molecule has 2 aromatic rings. The van der Waals surface area contributed by atoms with Gasteiger partial charge in [-0.1, -0.05) is 73.5 Å². The molecular weight excluding hydrogens is 356 g/mol. The number of aliphatic carboxylic acids is 2. The van der Waals surface area contributed by atoms with E-state index in [4.69, 9.17) is 0 Å². The third-order valence-electron chi connectivity index (χ3n) is 4.56. The predicted octanol–water partition coefficient (Wildman–Crippen LogP) is 3.38. The maximum atomic E-state index is 11.4. The van der Waals surface area contributed by atoms with Crippen LogP contribution in [0.15, 0.2) is 60.7 Å². The maximum absolute atomic E-state index is 11.4. The molecule has 0 bridgehead atoms. The van der Waals surface area contributed by atoms with Crippen LogP contribution in [0.25, 0.3) is 0 Å². The minimum Gasteiger partial charge on any atom is -0.480 e. The van der Waals surface area contributed by atoms with Gasteiger partial charge >= 0.3 is 11.9 Å². The SMILES string of the molecule is O=C(O)C(NCCCCCCNC(C(=O)O)c1ccccc1)c1ccccc1. The van der Waals surface area contributed by atoms with Gasteiger partial charge in [-0.05, 0) is 37.1 Å². The van der Waals surface area contributed by atoms with Crippen LogP contribution < -0.4 is 10.6 Å². The normalized spacial score (nSPS) is 13.0. The molecule has 0 amide bonds. The van der Waals surface area contributed by atoms with Gasteiger partial charge in [-0.2, -0.15) is 0 Å². The summed E-state index contributed by atoms with van der Waals surface area (Å²) in [6, 6.07) is 16.9. The van der Waals surface area contributed by atoms with E-state index in [0.717, 1.165) is 36.8 Å². The monoisotopic (exact) mass is 384 g/mol. The van der Waals surface area contributed by atoms with Crippen LogP contribution in [-0.2, 0) is 9.59 Å². The molecule has 0 spiro atoms. The average molecular weight is 384 g/mol. The van der Waals surface area contributed by atoms with Gasteiger partial charge in [0.15, 0.2) is 0 Å². The lowest BCUT2D eigenvalue weighted by atomic mass is 10.1. The Morgan fingerprint density at radius 1 is 0.643 bits per heavy atom. The third kappa shape index (κ3) is 7.13. The summed E-state index contributed by atoms with van der Waals surface area (Å²) in [5.41, 5.74) is 1.50. The summed E-state index contributed by atoms with van der Waals surface area (Å²) >= 11 is 0. The fourth-order valence-electron chi connectivity index (χ4n) is 3.08. The molecule has 0 radical (unpaired) electrons. The predicted molar refractivity (Wildman–Crippen MR) is 108 cm³/mol. The Kier molecular flexibility index (Phi) is 9.18. The van der Waals surface area contributed by atoms with Gasteiger partial charge in [-0.25, -0.2) is 0 Å². The Bertz CT molecular complexity index is 658. The largest absolute Gasteiger partial charge is 0.480 e. The molecule has 2 unspecified atom stereocenters. The zero-order valence-corrected chi connectivity index (χ0v) is 15.9. The van der Waals surface area contributed by atoms with Crippen LogP contribution in [0.1, 0.15) is 48.9 Å². The summed E-state index contributed by atoms with van der Waals surface area (Å²) in [6.45, 7) is 1.25. The van der Waals surface area contributed by atoms with E-state index >= 15 is 0 Å². The molecule has 0 saturated carbocycles. The number of carbonyl (C=O) groups is 2. The molecule has 2 aromatic carbocycles. The van der Waals surface area contributed by atoms with Crippen molar-refractivity contribution in [2.75, 3.05) is 13.1 Å². The molecule has 6 heteroatoms. The molecule has 0 heterocycles. The van der Waals surface area contributed by atoms with Crippen molar-refractivity contribution in [1.29, 1.82) is 0 Å². The molecule has 2 atom stereocenters. The number of rotatable bonds is 13. The van der Waals surface area contributed by atoms with Crippen molar-refractivity contribution in [2.45, 2.75) is 37.8 Å². The van der Waals surface area contributed by atoms with E-state index in [9.17, 15) is 19.8 Å². The molecule has 6 nitrogen and oxygen atoms in total. The molecule has 0 saturated heterocycles. The highest BCUT2D eigenvalue weighted by molar-refractivity contribution is 5.76. The first-order valence-corrected chi connectivity index (χ1v) is 9.62. The van der Waals surface area contributed by atoms with Crippen LogP contribution in [-0.4, -0.2) is 35.2 Å². The molecule has 0 aliphatic rings. The first-order valence-electron chi connectivity index (χ1n) is 9.62. The Morgan fingerprint density at radius 3 is 1.32 bits per heavy atom. The molecule has 2 rings (SSSR count). The molecule has 0 aliphatic heterocycles. The van der Waals surface area contributed by atoms with Crippen molar-refractivity contribution in [3.05, 3.63) is 71.8 Å². The molecule has 150 valence electrons. The van der Waals surface area contributed by atoms with E-state index in [-0.39, 0.29) is 0 Å². The van der Waals surface area contributed by atoms with Gasteiger partial charge < -0.3 is 20.8 Å². The Hall–Kier alpha value is -2.70. The standard InChI is InChI=1S/C22H28N2O4/c25-21(26)19(17-11-5-3-6-12-17)23-15-9-1-2-10-16-24-20(22(27)28)18-13-7-4-8-14-18/h3-8,11-14,19-20,23-24H,1-2,9-10,15-16H2,(H,25,26)(H,27,28). The van der Waals surface area contributed by atoms with E-state index < -0.39 is 24.0 Å². The fourth-order valence-corrected chi connectivity index (χ4v) is 3.08. The fraction of sp³-hybridized carbons (Fsp3) is 0.364. The van der Waals surface area contributed by atoms with Crippen molar-refractivity contribution in [2.24, 2.45) is 0 Å². The van der Waals surface area contributed by atoms with Crippen LogP contribution in [0.3, 0.4) is 0 Å². The highest BCUT2D eigenvalue weighted by atomic mass is 16.4. The number of hydrogen-bond acceptors (Lipinski definition) is 4. The molecule has 28 heavy (non-hydrogen) atoms. The van der Waals surface area contributed by atoms with E-state index in [1.165, 1.54) is 0 Å². The summed E-state index contributed by atoms with van der Waals surface area (Å²) in [7, 11) is 0. The van der Waals surface area contributed by atoms with E-state index in [1.807, 2.05) is 60.7 Å². The summed E-state index contributed by atoms with van der Waals surface area (Å²) in [5, 5.41) is 24.9. The Balaban J connectivity index is 1.62. The second kappa shape index (κ2) is 11.9. The smallest absolute Gasteiger partial charge is 0.325 e. The number of nitrogens with one attached hydrogen (secondary N) is 2. The molecule has 4 N–H and O–H groups in total. The maximum Gasteiger partial charge on any atom is 0.325 e. The van der Waals surface area contributed by atoms with Gasteiger partial charge in [-0.15, -0.1) is 0 Å². The van der Waals surface area contributed by atoms with Gasteiger partial charge in [0.25, 0.3) is 0 Å². The second-order valence-electron chi connectivity index (χ2n) is 6.69. The molecule has 0 aliphatic carbocycles. The minimum absolute atomic E-state index is 0.626. The number of carboxylic acids is 2. The lowest BCUT2D eigenvalue weighted by Gasteiger charge is -2.15. The zero-order chi connectivity index (χ0) is 20.2. The van der Waals surface area contributed by atoms with Gasteiger partial charge in [0.1, 0.15) is 12.1 Å². The Labute approximate surface area is 165 Å². The summed E-state index contributed by atoms with van der Waals surface area (Å²) in [5.74, 6) is -1.76. The van der Waals surface area contributed by atoms with Crippen LogP contribution >= 0.6 is 0 Å². The van der Waals surface area contributed by atoms with Crippen molar-refractivity contribution in [3.8, 4) is 0 Å². The highest BCUT2D eigenvalue weighted by Crippen LogP contribution is 2.14. The average Bonchev–Trinajstić information content (AvgIpc) is 2.70. The first kappa shape index (κ1) is 21.6. The highest BCUT2D eigenvalue weighted by Gasteiger charge is 2.19. The number of unbranched alkanes of at least 4 members (excludes halogenated alkanes) is 3. The van der Waals surface area contributed by atoms with Crippen molar-refractivity contribution < 1.29 is 19.8 Å². The van der Waals surface area contributed by atoms with E-state index in [2.05, 4.69) is 10.6 Å². The lowest BCUT2D eigenvalue weighted by Crippen LogP contribution is -2.29. The van der Waals surface area contributed by atoms with Crippen molar-refractivity contribution >= 4 is 11.9 Å². The van der Waals surface area contributed by atoms with Crippen LogP contribution in [0, 0.1) is 0 Å². The number of benzene rings is 2. The van der Waals surface area contributed by atoms with Crippen LogP contribution in [0.2, 0.25) is 0 Å². The van der Waals surface area contributed by atoms with Crippen LogP contribution in [0.5, 0.6) is 0 Å². The summed E-state index contributed by atoms with van der Waals surface area (Å²) < 4.78 is 0. The molecule has 0 fully saturated rings. The topological polar surface area (TPSA) is 98.7 Å². The van der Waals surface area contributed by atoms with Crippen LogP contribution in [0.4, 0.5) is 0 Å². The number of hydrogen-bond donors (Lipinski definition) is 4. The van der Waals surface area contributed by atoms with E-state index in [0.29, 0.717) is 13.1 Å². The van der Waals surface area contributed by atoms with Gasteiger partial charge in [-0.3, -0.25) is 9.59 Å². The second-order valence-corrected chi connectivity index (χ2v) is 6.69. The molecule has 0 aromatic heterocycles. The lowest BCUT2D eigenvalue weighted by molar-refractivity contribution is -0.140.